The Kier molecular flexibility index (Phi) is 1.07. The van der Waals surface area contributed by atoms with Gasteiger partial charge in [-0.05, 0) is 0 Å². The first-order chi connectivity index (χ1) is 3.72. The lowest BCUT2D eigenvalue weighted by Crippen LogP contribution is -2.39. The van der Waals surface area contributed by atoms with Gasteiger partial charge in [-0.2, -0.15) is 0 Å². The molecule has 1 amide bonds. The van der Waals surface area contributed by atoms with Crippen LogP contribution in [0.2, 0.25) is 0 Å². The largest absolute Gasteiger partial charge is 0.495 e. The molecule has 0 bridgehead atoms. The molecule has 0 saturated heterocycles. The van der Waals surface area contributed by atoms with Crippen molar-refractivity contribution in [3.05, 3.63) is 11.7 Å². The number of rotatable bonds is 1. The molecule has 0 fully saturated rings. The Hall–Kier alpha value is -0.805. The number of nitrogens with one attached hydrogen (secondary N) is 1. The molecule has 1 heterocycles. The zero-order valence-electron chi connectivity index (χ0n) is 3.96. The summed E-state index contributed by atoms with van der Waals surface area (Å²) in [6.45, 7) is 0. The predicted octanol–water partition coefficient (Wildman–Crippen LogP) is -1.99. The van der Waals surface area contributed by atoms with Crippen molar-refractivity contribution in [3.8, 4) is 0 Å². The number of hydrogen-bond acceptors (Lipinski definition) is 3. The van der Waals surface area contributed by atoms with Crippen LogP contribution in [0.25, 0.3) is 0 Å². The molecule has 0 aromatic carbocycles. The summed E-state index contributed by atoms with van der Waals surface area (Å²) in [5.74, 6) is -0.417. The Bertz CT molecular complexity index is 153. The molecule has 8 heavy (non-hydrogen) atoms. The van der Waals surface area contributed by atoms with Gasteiger partial charge >= 0.3 is 7.12 Å². The summed E-state index contributed by atoms with van der Waals surface area (Å²) in [5, 5.41) is 18.8. The third kappa shape index (κ3) is 0.615. The molecule has 42 valence electrons. The van der Waals surface area contributed by atoms with Crippen LogP contribution >= 0.6 is 0 Å². The van der Waals surface area contributed by atoms with Crippen molar-refractivity contribution in [3.63, 3.8) is 0 Å². The molecule has 0 unspecified atom stereocenters. The maximum Gasteiger partial charge on any atom is 0.495 e. The van der Waals surface area contributed by atoms with Gasteiger partial charge in [-0.1, -0.05) is 0 Å². The maximum absolute atomic E-state index is 10.2. The molecular formula is C3H4BNO3. The number of amides is 1. The molecule has 1 aliphatic rings. The second-order valence-corrected chi connectivity index (χ2v) is 1.45. The minimum Gasteiger partial charge on any atom is -0.423 e. The molecular weight excluding hydrogens is 109 g/mol. The molecule has 5 heteroatoms. The Labute approximate surface area is 46.0 Å². The average molecular weight is 113 g/mol. The molecule has 4 nitrogen and oxygen atoms in total. The number of hydrogen-bond donors (Lipinski definition) is 3. The SMILES string of the molecule is O=C1NC=C1B(O)O. The summed E-state index contributed by atoms with van der Waals surface area (Å²) >= 11 is 0. The van der Waals surface area contributed by atoms with E-state index in [0.29, 0.717) is 0 Å². The highest BCUT2D eigenvalue weighted by Gasteiger charge is 2.27. The van der Waals surface area contributed by atoms with Crippen LogP contribution in [0.4, 0.5) is 0 Å². The molecule has 1 aliphatic heterocycles. The second-order valence-electron chi connectivity index (χ2n) is 1.45. The minimum atomic E-state index is -1.62. The Morgan fingerprint density at radius 2 is 2.25 bits per heavy atom. The molecule has 1 rings (SSSR count). The smallest absolute Gasteiger partial charge is 0.423 e. The molecule has 0 aliphatic carbocycles. The molecule has 0 spiro atoms. The summed E-state index contributed by atoms with van der Waals surface area (Å²) in [6.07, 6.45) is 1.26. The topological polar surface area (TPSA) is 69.6 Å². The summed E-state index contributed by atoms with van der Waals surface area (Å²) in [7, 11) is -1.62. The van der Waals surface area contributed by atoms with Crippen LogP contribution in [-0.4, -0.2) is 23.1 Å². The molecule has 3 N–H and O–H groups in total. The van der Waals surface area contributed by atoms with Crippen LogP contribution in [0.1, 0.15) is 0 Å². The van der Waals surface area contributed by atoms with Crippen LogP contribution in [0.5, 0.6) is 0 Å². The molecule has 0 aromatic heterocycles. The first-order valence-electron chi connectivity index (χ1n) is 2.09. The normalized spacial score (nSPS) is 16.2. The first-order valence-corrected chi connectivity index (χ1v) is 2.09. The van der Waals surface area contributed by atoms with Gasteiger partial charge in [0.05, 0.1) is 5.47 Å². The fraction of sp³-hybridized carbons (Fsp3) is 0. The highest BCUT2D eigenvalue weighted by molar-refractivity contribution is 6.60. The molecule has 0 saturated carbocycles. The molecule has 0 aromatic rings. The van der Waals surface area contributed by atoms with Crippen molar-refractivity contribution in [1.29, 1.82) is 0 Å². The molecule has 0 radical (unpaired) electrons. The van der Waals surface area contributed by atoms with Crippen molar-refractivity contribution in [2.75, 3.05) is 0 Å². The van der Waals surface area contributed by atoms with E-state index in [9.17, 15) is 4.79 Å². The zero-order valence-corrected chi connectivity index (χ0v) is 3.96. The minimum absolute atomic E-state index is 0.0185. The number of carbonyl (C=O) groups excluding carboxylic acids is 1. The van der Waals surface area contributed by atoms with E-state index in [1.54, 1.807) is 0 Å². The van der Waals surface area contributed by atoms with Gasteiger partial charge in [-0.25, -0.2) is 0 Å². The van der Waals surface area contributed by atoms with Crippen LogP contribution in [0.15, 0.2) is 11.7 Å². The van der Waals surface area contributed by atoms with Crippen LogP contribution in [-0.2, 0) is 4.79 Å². The van der Waals surface area contributed by atoms with E-state index in [1.165, 1.54) is 6.20 Å². The van der Waals surface area contributed by atoms with E-state index in [4.69, 9.17) is 10.0 Å². The third-order valence-electron chi connectivity index (χ3n) is 0.899. The van der Waals surface area contributed by atoms with Crippen molar-refractivity contribution in [2.24, 2.45) is 0 Å². The van der Waals surface area contributed by atoms with Gasteiger partial charge < -0.3 is 15.4 Å². The quantitative estimate of drug-likeness (QED) is 0.345. The lowest BCUT2D eigenvalue weighted by molar-refractivity contribution is -0.117. The summed E-state index contributed by atoms with van der Waals surface area (Å²) in [4.78, 5) is 10.2. The van der Waals surface area contributed by atoms with Gasteiger partial charge in [-0.3, -0.25) is 4.79 Å². The summed E-state index contributed by atoms with van der Waals surface area (Å²) in [6, 6.07) is 0. The Morgan fingerprint density at radius 3 is 2.25 bits per heavy atom. The second kappa shape index (κ2) is 1.61. The van der Waals surface area contributed by atoms with Crippen LogP contribution in [0, 0.1) is 0 Å². The van der Waals surface area contributed by atoms with E-state index in [0.717, 1.165) is 0 Å². The Morgan fingerprint density at radius 1 is 1.62 bits per heavy atom. The fourth-order valence-corrected chi connectivity index (χ4v) is 0.406. The van der Waals surface area contributed by atoms with Crippen LogP contribution in [0.3, 0.4) is 0 Å². The first kappa shape index (κ1) is 5.33. The maximum atomic E-state index is 10.2. The monoisotopic (exact) mass is 113 g/mol. The lowest BCUT2D eigenvalue weighted by Gasteiger charge is -2.12. The van der Waals surface area contributed by atoms with Gasteiger partial charge in [0.25, 0.3) is 0 Å². The molecule has 0 atom stereocenters. The van der Waals surface area contributed by atoms with Gasteiger partial charge in [0, 0.05) is 6.20 Å². The van der Waals surface area contributed by atoms with Crippen molar-refractivity contribution in [1.82, 2.24) is 5.32 Å². The van der Waals surface area contributed by atoms with Crippen molar-refractivity contribution in [2.45, 2.75) is 0 Å². The van der Waals surface area contributed by atoms with Crippen LogP contribution < -0.4 is 5.32 Å². The van der Waals surface area contributed by atoms with E-state index in [1.807, 2.05) is 0 Å². The fourth-order valence-electron chi connectivity index (χ4n) is 0.406. The zero-order chi connectivity index (χ0) is 6.15. The van der Waals surface area contributed by atoms with Crippen molar-refractivity contribution >= 4 is 13.0 Å². The predicted molar refractivity (Wildman–Crippen MR) is 26.4 cm³/mol. The van der Waals surface area contributed by atoms with Crippen molar-refractivity contribution < 1.29 is 14.8 Å². The highest BCUT2D eigenvalue weighted by Crippen LogP contribution is 2.01. The standard InChI is InChI=1S/C3H4BNO3/c6-3-2(1-5-3)4(7)8/h1,7-8H,(H,5,6). The lowest BCUT2D eigenvalue weighted by atomic mass is 9.77. The van der Waals surface area contributed by atoms with E-state index >= 15 is 0 Å². The van der Waals surface area contributed by atoms with Gasteiger partial charge in [-0.15, -0.1) is 0 Å². The summed E-state index contributed by atoms with van der Waals surface area (Å²) < 4.78 is 0. The third-order valence-corrected chi connectivity index (χ3v) is 0.899. The van der Waals surface area contributed by atoms with E-state index in [-0.39, 0.29) is 5.47 Å². The number of carbonyl (C=O) groups is 1. The van der Waals surface area contributed by atoms with Gasteiger partial charge in [0.15, 0.2) is 0 Å². The van der Waals surface area contributed by atoms with E-state index < -0.39 is 13.0 Å². The Balaban J connectivity index is 2.62. The average Bonchev–Trinajstić information content (AvgIpc) is 1.61. The van der Waals surface area contributed by atoms with E-state index in [2.05, 4.69) is 5.32 Å². The van der Waals surface area contributed by atoms with Gasteiger partial charge in [0.1, 0.15) is 0 Å². The summed E-state index contributed by atoms with van der Waals surface area (Å²) in [5.41, 5.74) is 0.0185. The van der Waals surface area contributed by atoms with Gasteiger partial charge in [0.2, 0.25) is 5.91 Å². The highest BCUT2D eigenvalue weighted by atomic mass is 16.4.